The van der Waals surface area contributed by atoms with Crippen LogP contribution in [0.5, 0.6) is 0 Å². The third-order valence-corrected chi connectivity index (χ3v) is 0. The maximum Gasteiger partial charge on any atom is 0.187 e. The maximum atomic E-state index is 5.53. The topological polar surface area (TPSA) is 0 Å². The van der Waals surface area contributed by atoms with Gasteiger partial charge in [0.15, 0.2) is 17.4 Å². The molecule has 0 amide bonds. The summed E-state index contributed by atoms with van der Waals surface area (Å²) in [6, 6.07) is 0. The first kappa shape index (κ1) is 9.95. The van der Waals surface area contributed by atoms with Crippen molar-refractivity contribution in [2.45, 2.75) is 25.6 Å². The molecule has 0 saturated carbocycles. The highest BCUT2D eigenvalue weighted by Gasteiger charge is 1.99. The summed E-state index contributed by atoms with van der Waals surface area (Å²) in [5, 5.41) is 0. The first-order valence-electron chi connectivity index (χ1n) is 1.69. The molecule has 2 heteroatoms. The summed E-state index contributed by atoms with van der Waals surface area (Å²) in [7, 11) is 0. The molecule has 0 rings (SSSR count). The molecule has 0 radical (unpaired) electrons. The fourth-order valence-corrected chi connectivity index (χ4v) is 0. The lowest BCUT2D eigenvalue weighted by atomic mass is 10.3. The monoisotopic (exact) mass is 122 g/mol. The minimum Gasteiger partial charge on any atom is -0.120 e. The minimum absolute atomic E-state index is 0. The van der Waals surface area contributed by atoms with Crippen molar-refractivity contribution < 1.29 is 0 Å². The van der Waals surface area contributed by atoms with Gasteiger partial charge in [-0.15, -0.1) is 11.6 Å². The van der Waals surface area contributed by atoms with E-state index in [-0.39, 0.29) is 22.2 Å². The van der Waals surface area contributed by atoms with Gasteiger partial charge in [0.1, 0.15) is 0 Å². The van der Waals surface area contributed by atoms with E-state index in [1.807, 2.05) is 20.8 Å². The number of hydrogen-bond acceptors (Lipinski definition) is 0. The van der Waals surface area contributed by atoms with Crippen LogP contribution >= 0.6 is 11.6 Å². The molecule has 0 saturated heterocycles. The summed E-state index contributed by atoms with van der Waals surface area (Å²) in [6.45, 7) is 5.86. The van der Waals surface area contributed by atoms with Crippen molar-refractivity contribution in [1.29, 1.82) is 0 Å². The zero-order valence-electron chi connectivity index (χ0n) is 3.88. The van der Waals surface area contributed by atoms with Gasteiger partial charge in [-0.1, -0.05) is 0 Å². The average molecular weight is 123 g/mol. The quantitative estimate of drug-likeness (QED) is 0.330. The second kappa shape index (κ2) is 2.91. The van der Waals surface area contributed by atoms with Crippen LogP contribution in [0, 0.1) is 0 Å². The zero-order valence-corrected chi connectivity index (χ0v) is 4.63. The van der Waals surface area contributed by atoms with Crippen molar-refractivity contribution in [3.63, 3.8) is 0 Å². The molecular formula is C4H12AlCl. The van der Waals surface area contributed by atoms with Crippen LogP contribution in [-0.2, 0) is 0 Å². The van der Waals surface area contributed by atoms with Crippen LogP contribution in [0.2, 0.25) is 0 Å². The van der Waals surface area contributed by atoms with Crippen LogP contribution < -0.4 is 0 Å². The van der Waals surface area contributed by atoms with Crippen LogP contribution in [-0.4, -0.2) is 22.2 Å². The molecule has 0 N–H and O–H groups in total. The third kappa shape index (κ3) is 104. The maximum absolute atomic E-state index is 5.53. The predicted molar refractivity (Wildman–Crippen MR) is 35.5 cm³/mol. The van der Waals surface area contributed by atoms with Crippen LogP contribution in [0.1, 0.15) is 20.8 Å². The molecule has 38 valence electrons. The molecule has 0 aliphatic rings. The average Bonchev–Trinajstić information content (AvgIpc) is 0.722. The van der Waals surface area contributed by atoms with E-state index in [1.165, 1.54) is 0 Å². The molecule has 6 heavy (non-hydrogen) atoms. The SMILES string of the molecule is CC(C)(C)Cl.[AlH3]. The summed E-state index contributed by atoms with van der Waals surface area (Å²) < 4.78 is 0. The predicted octanol–water partition coefficient (Wildman–Crippen LogP) is 0.840. The van der Waals surface area contributed by atoms with E-state index >= 15 is 0 Å². The van der Waals surface area contributed by atoms with E-state index in [9.17, 15) is 0 Å². The molecule has 0 heterocycles. The van der Waals surface area contributed by atoms with Crippen molar-refractivity contribution in [2.75, 3.05) is 0 Å². The van der Waals surface area contributed by atoms with Crippen LogP contribution in [0.15, 0.2) is 0 Å². The van der Waals surface area contributed by atoms with E-state index in [1.54, 1.807) is 0 Å². The van der Waals surface area contributed by atoms with E-state index in [4.69, 9.17) is 11.6 Å². The second-order valence-electron chi connectivity index (χ2n) is 2.07. The van der Waals surface area contributed by atoms with Gasteiger partial charge >= 0.3 is 0 Å². The molecular weight excluding hydrogens is 110 g/mol. The van der Waals surface area contributed by atoms with Gasteiger partial charge in [0, 0.05) is 4.87 Å². The molecule has 0 fully saturated rings. The van der Waals surface area contributed by atoms with Crippen molar-refractivity contribution in [3.05, 3.63) is 0 Å². The van der Waals surface area contributed by atoms with Gasteiger partial charge < -0.3 is 0 Å². The zero-order chi connectivity index (χ0) is 4.50. The molecule has 0 aromatic heterocycles. The lowest BCUT2D eigenvalue weighted by Crippen LogP contribution is -1.99. The molecule has 0 spiro atoms. The van der Waals surface area contributed by atoms with Crippen molar-refractivity contribution >= 4 is 29.0 Å². The van der Waals surface area contributed by atoms with Gasteiger partial charge in [0.05, 0.1) is 0 Å². The first-order valence-corrected chi connectivity index (χ1v) is 2.07. The van der Waals surface area contributed by atoms with Crippen molar-refractivity contribution in [3.8, 4) is 0 Å². The molecule has 0 aliphatic carbocycles. The summed E-state index contributed by atoms with van der Waals surface area (Å²) in [6.07, 6.45) is 0. The van der Waals surface area contributed by atoms with Crippen LogP contribution in [0.3, 0.4) is 0 Å². The summed E-state index contributed by atoms with van der Waals surface area (Å²) in [4.78, 5) is -0.0278. The standard InChI is InChI=1S/C4H9Cl.Al.3H/c1-4(2,3)5;;;;/h1-3H3;;;;. The molecule has 0 unspecified atom stereocenters. The summed E-state index contributed by atoms with van der Waals surface area (Å²) >= 11 is 5.53. The Balaban J connectivity index is 0. The van der Waals surface area contributed by atoms with E-state index < -0.39 is 0 Å². The van der Waals surface area contributed by atoms with Crippen LogP contribution in [0.4, 0.5) is 0 Å². The molecule has 0 nitrogen and oxygen atoms in total. The highest BCUT2D eigenvalue weighted by atomic mass is 35.5. The van der Waals surface area contributed by atoms with Crippen molar-refractivity contribution in [2.24, 2.45) is 0 Å². The van der Waals surface area contributed by atoms with Gasteiger partial charge in [-0.2, -0.15) is 0 Å². The normalized spacial score (nSPS) is 10.0. The number of hydrogen-bond donors (Lipinski definition) is 0. The first-order chi connectivity index (χ1) is 2.00. The molecule has 0 aromatic rings. The molecule has 0 aromatic carbocycles. The number of alkyl halides is 1. The van der Waals surface area contributed by atoms with Crippen LogP contribution in [0.25, 0.3) is 0 Å². The summed E-state index contributed by atoms with van der Waals surface area (Å²) in [5.74, 6) is 0. The second-order valence-corrected chi connectivity index (χ2v) is 3.20. The Labute approximate surface area is 55.0 Å². The van der Waals surface area contributed by atoms with Gasteiger partial charge in [0.25, 0.3) is 0 Å². The highest BCUT2D eigenvalue weighted by Crippen LogP contribution is 2.07. The fourth-order valence-electron chi connectivity index (χ4n) is 0. The fraction of sp³-hybridized carbons (Fsp3) is 1.00. The minimum atomic E-state index is -0.0278. The Morgan fingerprint density at radius 2 is 1.17 bits per heavy atom. The smallest absolute Gasteiger partial charge is 0.120 e. The lowest BCUT2D eigenvalue weighted by Gasteiger charge is -2.01. The van der Waals surface area contributed by atoms with Gasteiger partial charge in [-0.05, 0) is 20.8 Å². The lowest BCUT2D eigenvalue weighted by molar-refractivity contribution is 0.788. The Morgan fingerprint density at radius 3 is 1.17 bits per heavy atom. The largest absolute Gasteiger partial charge is 0.187 e. The highest BCUT2D eigenvalue weighted by molar-refractivity contribution is 6.23. The van der Waals surface area contributed by atoms with Gasteiger partial charge in [-0.3, -0.25) is 0 Å². The molecule has 0 atom stereocenters. The van der Waals surface area contributed by atoms with E-state index in [0.29, 0.717) is 0 Å². The Bertz CT molecular complexity index is 23.0. The third-order valence-electron chi connectivity index (χ3n) is 0. The number of halogens is 1. The Hall–Kier alpha value is 0.822. The Morgan fingerprint density at radius 1 is 1.17 bits per heavy atom. The van der Waals surface area contributed by atoms with Gasteiger partial charge in [0.2, 0.25) is 0 Å². The Kier molecular flexibility index (Phi) is 4.82. The van der Waals surface area contributed by atoms with Gasteiger partial charge in [-0.25, -0.2) is 0 Å². The summed E-state index contributed by atoms with van der Waals surface area (Å²) in [5.41, 5.74) is 0. The molecule has 0 aliphatic heterocycles. The van der Waals surface area contributed by atoms with E-state index in [0.717, 1.165) is 0 Å². The van der Waals surface area contributed by atoms with Crippen molar-refractivity contribution in [1.82, 2.24) is 0 Å². The van der Waals surface area contributed by atoms with E-state index in [2.05, 4.69) is 0 Å². The molecule has 0 bridgehead atoms. The number of rotatable bonds is 0.